The van der Waals surface area contributed by atoms with Crippen molar-refractivity contribution in [1.29, 1.82) is 0 Å². The maximum Gasteiger partial charge on any atom is 0.287 e. The first-order chi connectivity index (χ1) is 6.32. The second kappa shape index (κ2) is 3.94. The number of nitro groups is 1. The molecule has 0 spiro atoms. The molecule has 1 rings (SSSR count). The molecule has 1 heterocycles. The zero-order chi connectivity index (χ0) is 10.9. The number of halogens is 3. The molecule has 0 saturated heterocycles. The number of rotatable bonds is 2. The van der Waals surface area contributed by atoms with E-state index in [2.05, 4.69) is 4.98 Å². The van der Waals surface area contributed by atoms with E-state index in [9.17, 15) is 15.2 Å². The monoisotopic (exact) mass is 258 g/mol. The van der Waals surface area contributed by atoms with Crippen LogP contribution < -0.4 is 0 Å². The lowest BCUT2D eigenvalue weighted by Gasteiger charge is -2.16. The van der Waals surface area contributed by atoms with E-state index < -0.39 is 14.8 Å². The first-order valence-electron chi connectivity index (χ1n) is 3.40. The highest BCUT2D eigenvalue weighted by molar-refractivity contribution is 6.67. The molecule has 1 unspecified atom stereocenters. The number of aromatic nitrogens is 1. The fraction of sp³-hybridized carbons (Fsp3) is 0.333. The summed E-state index contributed by atoms with van der Waals surface area (Å²) >= 11 is 16.2. The van der Waals surface area contributed by atoms with Gasteiger partial charge in [0.1, 0.15) is 6.10 Å². The minimum Gasteiger partial charge on any atom is -0.382 e. The molecule has 0 aromatic carbocycles. The molecule has 0 radical (unpaired) electrons. The number of hydrogen-bond donors (Lipinski definition) is 2. The highest BCUT2D eigenvalue weighted by atomic mass is 35.6. The third-order valence-electron chi connectivity index (χ3n) is 1.51. The Hall–Kier alpha value is -0.490. The van der Waals surface area contributed by atoms with Crippen LogP contribution in [0, 0.1) is 10.1 Å². The molecule has 5 nitrogen and oxygen atoms in total. The molecule has 1 aromatic rings. The average molecular weight is 259 g/mol. The summed E-state index contributed by atoms with van der Waals surface area (Å²) in [6, 6.07) is 1.10. The Morgan fingerprint density at radius 3 is 2.50 bits per heavy atom. The van der Waals surface area contributed by atoms with Gasteiger partial charge < -0.3 is 10.1 Å². The number of H-pyrrole nitrogens is 1. The quantitative estimate of drug-likeness (QED) is 0.486. The minimum absolute atomic E-state index is 0.0803. The fourth-order valence-corrected chi connectivity index (χ4v) is 1.19. The van der Waals surface area contributed by atoms with Gasteiger partial charge in [0.2, 0.25) is 3.79 Å². The SMILES string of the molecule is O=[N+]([O-])c1c[nH]c(C(O)C(Cl)(Cl)Cl)c1. The van der Waals surface area contributed by atoms with Gasteiger partial charge in [0, 0.05) is 6.07 Å². The van der Waals surface area contributed by atoms with E-state index in [0.717, 1.165) is 12.3 Å². The van der Waals surface area contributed by atoms with E-state index in [1.165, 1.54) is 0 Å². The van der Waals surface area contributed by atoms with Crippen LogP contribution in [0.5, 0.6) is 0 Å². The first kappa shape index (κ1) is 11.6. The summed E-state index contributed by atoms with van der Waals surface area (Å²) in [6.45, 7) is 0. The zero-order valence-corrected chi connectivity index (χ0v) is 8.84. The predicted molar refractivity (Wildman–Crippen MR) is 52.7 cm³/mol. The lowest BCUT2D eigenvalue weighted by Crippen LogP contribution is -2.16. The predicted octanol–water partition coefficient (Wildman–Crippen LogP) is 2.33. The van der Waals surface area contributed by atoms with Crippen molar-refractivity contribution in [3.8, 4) is 0 Å². The largest absolute Gasteiger partial charge is 0.382 e. The van der Waals surface area contributed by atoms with Crippen molar-refractivity contribution in [2.75, 3.05) is 0 Å². The van der Waals surface area contributed by atoms with Gasteiger partial charge in [0.25, 0.3) is 5.69 Å². The number of aliphatic hydroxyl groups excluding tert-OH is 1. The van der Waals surface area contributed by atoms with Crippen molar-refractivity contribution in [1.82, 2.24) is 4.98 Å². The summed E-state index contributed by atoms with van der Waals surface area (Å²) in [5, 5.41) is 19.7. The molecule has 0 aliphatic heterocycles. The van der Waals surface area contributed by atoms with Gasteiger partial charge in [-0.3, -0.25) is 10.1 Å². The molecule has 0 fully saturated rings. The summed E-state index contributed by atoms with van der Waals surface area (Å²) in [6.07, 6.45) is -0.323. The Balaban J connectivity index is 2.92. The van der Waals surface area contributed by atoms with E-state index in [1.807, 2.05) is 0 Å². The van der Waals surface area contributed by atoms with E-state index >= 15 is 0 Å². The molecule has 1 aromatic heterocycles. The van der Waals surface area contributed by atoms with Crippen LogP contribution in [-0.2, 0) is 0 Å². The molecule has 78 valence electrons. The number of nitrogens with zero attached hydrogens (tertiary/aromatic N) is 1. The summed E-state index contributed by atoms with van der Waals surface area (Å²) in [4.78, 5) is 12.1. The van der Waals surface area contributed by atoms with Crippen LogP contribution in [-0.4, -0.2) is 18.8 Å². The van der Waals surface area contributed by atoms with Crippen molar-refractivity contribution in [3.63, 3.8) is 0 Å². The van der Waals surface area contributed by atoms with Gasteiger partial charge in [-0.1, -0.05) is 34.8 Å². The third-order valence-corrected chi connectivity index (χ3v) is 2.13. The Morgan fingerprint density at radius 1 is 1.57 bits per heavy atom. The molecule has 2 N–H and O–H groups in total. The zero-order valence-electron chi connectivity index (χ0n) is 6.58. The molecule has 8 heteroatoms. The third kappa shape index (κ3) is 2.51. The molecular formula is C6H5Cl3N2O3. The average Bonchev–Trinajstić information content (AvgIpc) is 2.48. The molecule has 0 saturated carbocycles. The van der Waals surface area contributed by atoms with E-state index in [-0.39, 0.29) is 11.4 Å². The molecule has 0 aliphatic carbocycles. The van der Waals surface area contributed by atoms with Crippen LogP contribution in [0.15, 0.2) is 12.3 Å². The van der Waals surface area contributed by atoms with Crippen LogP contribution in [0.3, 0.4) is 0 Å². The minimum atomic E-state index is -1.92. The van der Waals surface area contributed by atoms with Crippen LogP contribution >= 0.6 is 34.8 Å². The highest BCUT2D eigenvalue weighted by Gasteiger charge is 2.33. The second-order valence-electron chi connectivity index (χ2n) is 2.51. The summed E-state index contributed by atoms with van der Waals surface area (Å²) in [7, 11) is 0. The van der Waals surface area contributed by atoms with Gasteiger partial charge in [0.05, 0.1) is 16.8 Å². The topological polar surface area (TPSA) is 79.2 Å². The van der Waals surface area contributed by atoms with Crippen molar-refractivity contribution in [2.24, 2.45) is 0 Å². The van der Waals surface area contributed by atoms with Crippen molar-refractivity contribution in [2.45, 2.75) is 9.90 Å². The Labute approximate surface area is 93.7 Å². The molecule has 0 bridgehead atoms. The maximum absolute atomic E-state index is 10.3. The molecule has 1 atom stereocenters. The van der Waals surface area contributed by atoms with Gasteiger partial charge in [-0.2, -0.15) is 0 Å². The number of aromatic amines is 1. The van der Waals surface area contributed by atoms with Gasteiger partial charge in [-0.15, -0.1) is 0 Å². The van der Waals surface area contributed by atoms with Crippen LogP contribution in [0.1, 0.15) is 11.8 Å². The Bertz CT molecular complexity index is 346. The van der Waals surface area contributed by atoms with E-state index in [1.54, 1.807) is 0 Å². The van der Waals surface area contributed by atoms with Gasteiger partial charge in [-0.05, 0) is 0 Å². The molecule has 0 amide bonds. The second-order valence-corrected chi connectivity index (χ2v) is 4.88. The highest BCUT2D eigenvalue weighted by Crippen LogP contribution is 2.39. The lowest BCUT2D eigenvalue weighted by molar-refractivity contribution is -0.384. The number of alkyl halides is 3. The lowest BCUT2D eigenvalue weighted by atomic mass is 10.3. The number of hydrogen-bond acceptors (Lipinski definition) is 3. The van der Waals surface area contributed by atoms with E-state index in [0.29, 0.717) is 0 Å². The van der Waals surface area contributed by atoms with Gasteiger partial charge in [-0.25, -0.2) is 0 Å². The smallest absolute Gasteiger partial charge is 0.287 e. The normalized spacial score (nSPS) is 14.0. The summed E-state index contributed by atoms with van der Waals surface area (Å²) in [5.41, 5.74) is -0.120. The number of nitrogens with one attached hydrogen (secondary N) is 1. The first-order valence-corrected chi connectivity index (χ1v) is 4.53. The molecule has 0 aliphatic rings. The molecule has 14 heavy (non-hydrogen) atoms. The summed E-state index contributed by atoms with van der Waals surface area (Å²) in [5.74, 6) is 0. The van der Waals surface area contributed by atoms with Crippen molar-refractivity contribution >= 4 is 40.5 Å². The van der Waals surface area contributed by atoms with E-state index in [4.69, 9.17) is 34.8 Å². The van der Waals surface area contributed by atoms with Crippen LogP contribution in [0.4, 0.5) is 5.69 Å². The molecular weight excluding hydrogens is 254 g/mol. The maximum atomic E-state index is 10.3. The van der Waals surface area contributed by atoms with Gasteiger partial charge >= 0.3 is 0 Å². The summed E-state index contributed by atoms with van der Waals surface area (Å²) < 4.78 is -1.92. The van der Waals surface area contributed by atoms with Crippen LogP contribution in [0.2, 0.25) is 0 Å². The number of aliphatic hydroxyl groups is 1. The Morgan fingerprint density at radius 2 is 2.14 bits per heavy atom. The Kier molecular flexibility index (Phi) is 3.26. The van der Waals surface area contributed by atoms with Gasteiger partial charge in [0.15, 0.2) is 0 Å². The van der Waals surface area contributed by atoms with Crippen molar-refractivity contribution < 1.29 is 10.0 Å². The van der Waals surface area contributed by atoms with Crippen molar-refractivity contribution in [3.05, 3.63) is 28.1 Å². The fourth-order valence-electron chi connectivity index (χ4n) is 0.840. The standard InChI is InChI=1S/C6H5Cl3N2O3/c7-6(8,9)5(12)4-1-3(2-10-4)11(13)14/h1-2,5,10,12H. The van der Waals surface area contributed by atoms with Crippen LogP contribution in [0.25, 0.3) is 0 Å².